The van der Waals surface area contributed by atoms with Crippen LogP contribution in [0.1, 0.15) is 55.3 Å². The van der Waals surface area contributed by atoms with Crippen LogP contribution in [0.15, 0.2) is 18.2 Å². The zero-order chi connectivity index (χ0) is 17.3. The van der Waals surface area contributed by atoms with Gasteiger partial charge < -0.3 is 9.80 Å². The van der Waals surface area contributed by atoms with Crippen molar-refractivity contribution in [1.82, 2.24) is 9.80 Å². The first-order chi connectivity index (χ1) is 11.5. The van der Waals surface area contributed by atoms with E-state index >= 15 is 0 Å². The van der Waals surface area contributed by atoms with Crippen LogP contribution in [-0.2, 0) is 9.59 Å². The Morgan fingerprint density at radius 2 is 1.71 bits per heavy atom. The average Bonchev–Trinajstić information content (AvgIpc) is 3.06. The van der Waals surface area contributed by atoms with Crippen molar-refractivity contribution in [2.45, 2.75) is 52.5 Å². The van der Waals surface area contributed by atoms with Crippen molar-refractivity contribution in [1.29, 1.82) is 0 Å². The monoisotopic (exact) mass is 328 g/mol. The fraction of sp³-hybridized carbons (Fsp3) is 0.600. The summed E-state index contributed by atoms with van der Waals surface area (Å²) in [6.07, 6.45) is 3.74. The largest absolute Gasteiger partial charge is 0.343 e. The summed E-state index contributed by atoms with van der Waals surface area (Å²) in [6, 6.07) is 6.81. The maximum atomic E-state index is 13.0. The Hall–Kier alpha value is -1.84. The van der Waals surface area contributed by atoms with E-state index in [4.69, 9.17) is 0 Å². The maximum absolute atomic E-state index is 13.0. The Kier molecular flexibility index (Phi) is 4.93. The fourth-order valence-corrected chi connectivity index (χ4v) is 4.02. The summed E-state index contributed by atoms with van der Waals surface area (Å²) in [4.78, 5) is 28.4. The summed E-state index contributed by atoms with van der Waals surface area (Å²) >= 11 is 0. The van der Waals surface area contributed by atoms with Gasteiger partial charge in [0.05, 0.1) is 6.04 Å². The first kappa shape index (κ1) is 17.0. The quantitative estimate of drug-likeness (QED) is 0.836. The summed E-state index contributed by atoms with van der Waals surface area (Å²) in [7, 11) is 0. The second-order valence-corrected chi connectivity index (χ2v) is 7.31. The lowest BCUT2D eigenvalue weighted by atomic mass is 9.93. The van der Waals surface area contributed by atoms with E-state index in [0.29, 0.717) is 19.0 Å². The number of piperidine rings is 1. The topological polar surface area (TPSA) is 40.6 Å². The third-order valence-electron chi connectivity index (χ3n) is 5.74. The first-order valence-corrected chi connectivity index (χ1v) is 9.10. The van der Waals surface area contributed by atoms with Crippen LogP contribution in [-0.4, -0.2) is 41.2 Å². The van der Waals surface area contributed by atoms with E-state index < -0.39 is 0 Å². The number of amides is 2. The zero-order valence-corrected chi connectivity index (χ0v) is 15.0. The number of benzene rings is 1. The van der Waals surface area contributed by atoms with Crippen LogP contribution in [0, 0.1) is 19.8 Å². The molecule has 0 unspecified atom stereocenters. The van der Waals surface area contributed by atoms with E-state index in [9.17, 15) is 9.59 Å². The highest BCUT2D eigenvalue weighted by Gasteiger charge is 2.35. The second-order valence-electron chi connectivity index (χ2n) is 7.31. The van der Waals surface area contributed by atoms with Crippen molar-refractivity contribution in [2.24, 2.45) is 5.92 Å². The van der Waals surface area contributed by atoms with Gasteiger partial charge in [-0.15, -0.1) is 0 Å². The van der Waals surface area contributed by atoms with E-state index in [0.717, 1.165) is 32.2 Å². The van der Waals surface area contributed by atoms with Crippen LogP contribution >= 0.6 is 0 Å². The summed E-state index contributed by atoms with van der Waals surface area (Å²) in [5.74, 6) is 0.488. The first-order valence-electron chi connectivity index (χ1n) is 9.10. The van der Waals surface area contributed by atoms with E-state index in [2.05, 4.69) is 36.9 Å². The molecule has 1 aromatic carbocycles. The molecule has 2 aliphatic heterocycles. The number of aryl methyl sites for hydroxylation is 2. The van der Waals surface area contributed by atoms with Gasteiger partial charge in [-0.25, -0.2) is 0 Å². The molecule has 2 amide bonds. The number of likely N-dealkylation sites (tertiary alicyclic amines) is 2. The summed E-state index contributed by atoms with van der Waals surface area (Å²) < 4.78 is 0. The number of hydrogen-bond donors (Lipinski definition) is 0. The van der Waals surface area contributed by atoms with Crippen LogP contribution in [0.5, 0.6) is 0 Å². The Balaban J connectivity index is 1.70. The molecule has 4 nitrogen and oxygen atoms in total. The third-order valence-corrected chi connectivity index (χ3v) is 5.74. The predicted octanol–water partition coefficient (Wildman–Crippen LogP) is 3.23. The Morgan fingerprint density at radius 1 is 1.00 bits per heavy atom. The van der Waals surface area contributed by atoms with Gasteiger partial charge in [0.2, 0.25) is 11.8 Å². The van der Waals surface area contributed by atoms with Gasteiger partial charge in [0.1, 0.15) is 0 Å². The van der Waals surface area contributed by atoms with Gasteiger partial charge >= 0.3 is 0 Å². The maximum Gasteiger partial charge on any atom is 0.226 e. The normalized spacial score (nSPS) is 22.0. The summed E-state index contributed by atoms with van der Waals surface area (Å²) in [5, 5.41) is 0. The summed E-state index contributed by atoms with van der Waals surface area (Å²) in [6.45, 7) is 8.17. The second kappa shape index (κ2) is 6.96. The minimum atomic E-state index is 0.0766. The minimum Gasteiger partial charge on any atom is -0.343 e. The minimum absolute atomic E-state index is 0.0766. The molecule has 0 N–H and O–H groups in total. The Labute approximate surface area is 144 Å². The molecule has 0 aliphatic carbocycles. The smallest absolute Gasteiger partial charge is 0.226 e. The highest BCUT2D eigenvalue weighted by atomic mass is 16.2. The van der Waals surface area contributed by atoms with Crippen molar-refractivity contribution >= 4 is 11.8 Å². The third kappa shape index (κ3) is 3.33. The molecule has 4 heteroatoms. The molecule has 0 spiro atoms. The van der Waals surface area contributed by atoms with E-state index in [1.807, 2.05) is 4.90 Å². The number of carbonyl (C=O) groups excluding carboxylic acids is 2. The highest BCUT2D eigenvalue weighted by molar-refractivity contribution is 5.80. The molecular weight excluding hydrogens is 300 g/mol. The zero-order valence-electron chi connectivity index (χ0n) is 15.0. The number of rotatable bonds is 2. The molecule has 0 radical (unpaired) electrons. The Bertz CT molecular complexity index is 633. The number of carbonyl (C=O) groups is 2. The number of hydrogen-bond acceptors (Lipinski definition) is 2. The van der Waals surface area contributed by atoms with Crippen molar-refractivity contribution in [3.05, 3.63) is 34.9 Å². The lowest BCUT2D eigenvalue weighted by molar-refractivity contribution is -0.140. The lowest BCUT2D eigenvalue weighted by Gasteiger charge is -2.34. The SMILES string of the molecule is CC(=O)N1CCC(C(=O)N2CCC[C@H]2c2ccc(C)c(C)c2)CC1. The van der Waals surface area contributed by atoms with Gasteiger partial charge in [-0.05, 0) is 56.2 Å². The van der Waals surface area contributed by atoms with Crippen molar-refractivity contribution in [2.75, 3.05) is 19.6 Å². The van der Waals surface area contributed by atoms with Crippen LogP contribution < -0.4 is 0 Å². The van der Waals surface area contributed by atoms with Crippen molar-refractivity contribution in [3.63, 3.8) is 0 Å². The van der Waals surface area contributed by atoms with Gasteiger partial charge in [-0.3, -0.25) is 9.59 Å². The average molecular weight is 328 g/mol. The van der Waals surface area contributed by atoms with Crippen LogP contribution in [0.3, 0.4) is 0 Å². The molecule has 24 heavy (non-hydrogen) atoms. The molecule has 1 aromatic rings. The van der Waals surface area contributed by atoms with E-state index in [1.165, 1.54) is 16.7 Å². The standard InChI is InChI=1S/C20H28N2O2/c1-14-6-7-18(13-15(14)2)19-5-4-10-22(19)20(24)17-8-11-21(12-9-17)16(3)23/h6-7,13,17,19H,4-5,8-12H2,1-3H3/t19-/m0/s1. The number of nitrogens with zero attached hydrogens (tertiary/aromatic N) is 2. The molecule has 2 aliphatic rings. The van der Waals surface area contributed by atoms with Gasteiger partial charge in [-0.1, -0.05) is 18.2 Å². The van der Waals surface area contributed by atoms with Gasteiger partial charge in [0.15, 0.2) is 0 Å². The molecule has 1 atom stereocenters. The highest BCUT2D eigenvalue weighted by Crippen LogP contribution is 2.35. The van der Waals surface area contributed by atoms with Crippen molar-refractivity contribution in [3.8, 4) is 0 Å². The van der Waals surface area contributed by atoms with E-state index in [1.54, 1.807) is 6.92 Å². The van der Waals surface area contributed by atoms with E-state index in [-0.39, 0.29) is 17.9 Å². The van der Waals surface area contributed by atoms with Crippen molar-refractivity contribution < 1.29 is 9.59 Å². The Morgan fingerprint density at radius 3 is 2.33 bits per heavy atom. The fourth-order valence-electron chi connectivity index (χ4n) is 4.02. The van der Waals surface area contributed by atoms with Crippen LogP contribution in [0.25, 0.3) is 0 Å². The summed E-state index contributed by atoms with van der Waals surface area (Å²) in [5.41, 5.74) is 3.86. The molecule has 3 rings (SSSR count). The predicted molar refractivity (Wildman–Crippen MR) is 94.6 cm³/mol. The molecule has 0 bridgehead atoms. The molecular formula is C20H28N2O2. The van der Waals surface area contributed by atoms with Gasteiger partial charge in [0.25, 0.3) is 0 Å². The van der Waals surface area contributed by atoms with Gasteiger partial charge in [-0.2, -0.15) is 0 Å². The molecule has 2 heterocycles. The molecule has 2 saturated heterocycles. The molecule has 0 aromatic heterocycles. The van der Waals surface area contributed by atoms with Crippen LogP contribution in [0.2, 0.25) is 0 Å². The molecule has 0 saturated carbocycles. The van der Waals surface area contributed by atoms with Crippen LogP contribution in [0.4, 0.5) is 0 Å². The lowest BCUT2D eigenvalue weighted by Crippen LogP contribution is -2.43. The molecule has 2 fully saturated rings. The molecule has 130 valence electrons. The van der Waals surface area contributed by atoms with Gasteiger partial charge in [0, 0.05) is 32.5 Å².